The summed E-state index contributed by atoms with van der Waals surface area (Å²) in [6.07, 6.45) is 9.43. The predicted octanol–water partition coefficient (Wildman–Crippen LogP) is 1.53. The summed E-state index contributed by atoms with van der Waals surface area (Å²) >= 11 is 0. The van der Waals surface area contributed by atoms with Crippen molar-refractivity contribution in [2.24, 2.45) is 0 Å². The molecule has 31 heavy (non-hydrogen) atoms. The van der Waals surface area contributed by atoms with Gasteiger partial charge in [0, 0.05) is 6.42 Å². The van der Waals surface area contributed by atoms with E-state index >= 15 is 0 Å². The van der Waals surface area contributed by atoms with Crippen LogP contribution in [0.3, 0.4) is 0 Å². The highest BCUT2D eigenvalue weighted by Crippen LogP contribution is 2.24. The summed E-state index contributed by atoms with van der Waals surface area (Å²) in [5.74, 6) is 3.67. The zero-order valence-corrected chi connectivity index (χ0v) is 18.4. The molecule has 0 aromatic heterocycles. The van der Waals surface area contributed by atoms with Gasteiger partial charge in [0.05, 0.1) is 38.6 Å². The fourth-order valence-corrected chi connectivity index (χ4v) is 2.74. The van der Waals surface area contributed by atoms with Crippen LogP contribution in [0, 0.1) is 24.7 Å². The highest BCUT2D eigenvalue weighted by Gasteiger charge is 2.40. The molecule has 172 valence electrons. The number of terminal acetylenes is 2. The van der Waals surface area contributed by atoms with Gasteiger partial charge in [0.15, 0.2) is 0 Å². The second-order valence-electron chi connectivity index (χ2n) is 7.83. The average Bonchev–Trinajstić information content (AvgIpc) is 3.08. The molecule has 0 N–H and O–H groups in total. The van der Waals surface area contributed by atoms with E-state index in [1.165, 1.54) is 4.90 Å². The van der Waals surface area contributed by atoms with Gasteiger partial charge in [-0.1, -0.05) is 11.8 Å². The van der Waals surface area contributed by atoms with Gasteiger partial charge in [-0.25, -0.2) is 4.79 Å². The second kappa shape index (κ2) is 13.5. The number of likely N-dealkylation sites (tertiary alicyclic amines) is 1. The Morgan fingerprint density at radius 1 is 1.00 bits per heavy atom. The van der Waals surface area contributed by atoms with Gasteiger partial charge in [-0.2, -0.15) is 0 Å². The molecule has 0 radical (unpaired) electrons. The van der Waals surface area contributed by atoms with Crippen molar-refractivity contribution in [1.29, 1.82) is 0 Å². The lowest BCUT2D eigenvalue weighted by atomic mass is 10.2. The molecular weight excluding hydrogens is 406 g/mol. The number of ether oxygens (including phenoxy) is 5. The molecule has 0 aromatic carbocycles. The SMILES string of the molecule is C#CCOCCC(=O)OC[C@H]1C[C@@H](OC(=O)CCOCC#C)CN1C(=O)OC(C)(C)C. The molecule has 1 saturated heterocycles. The van der Waals surface area contributed by atoms with E-state index in [1.807, 2.05) is 0 Å². The first-order valence-electron chi connectivity index (χ1n) is 10.0. The third-order valence-corrected chi connectivity index (χ3v) is 4.01. The standard InChI is InChI=1S/C22H31NO8/c1-6-10-27-12-8-19(24)29-16-17-14-18(30-20(25)9-13-28-11-7-2)15-23(17)21(26)31-22(3,4)5/h1-2,17-18H,8-16H2,3-5H3/t17-,18-/m1/s1. The first-order valence-corrected chi connectivity index (χ1v) is 10.0. The molecule has 9 heteroatoms. The van der Waals surface area contributed by atoms with Gasteiger partial charge in [0.1, 0.15) is 31.5 Å². The molecule has 0 aromatic rings. The molecule has 9 nitrogen and oxygen atoms in total. The monoisotopic (exact) mass is 437 g/mol. The third-order valence-electron chi connectivity index (χ3n) is 4.01. The van der Waals surface area contributed by atoms with Gasteiger partial charge in [-0.15, -0.1) is 12.8 Å². The third kappa shape index (κ3) is 11.3. The lowest BCUT2D eigenvalue weighted by molar-refractivity contribution is -0.150. The minimum absolute atomic E-state index is 0.0386. The van der Waals surface area contributed by atoms with Crippen LogP contribution in [0.1, 0.15) is 40.0 Å². The second-order valence-corrected chi connectivity index (χ2v) is 7.83. The van der Waals surface area contributed by atoms with E-state index in [-0.39, 0.29) is 52.4 Å². The lowest BCUT2D eigenvalue weighted by Gasteiger charge is -2.28. The summed E-state index contributed by atoms with van der Waals surface area (Å²) in [5.41, 5.74) is -0.699. The van der Waals surface area contributed by atoms with E-state index in [2.05, 4.69) is 11.8 Å². The summed E-state index contributed by atoms with van der Waals surface area (Å²) in [6, 6.07) is -0.485. The zero-order valence-electron chi connectivity index (χ0n) is 18.4. The van der Waals surface area contributed by atoms with E-state index in [9.17, 15) is 14.4 Å². The minimum Gasteiger partial charge on any atom is -0.463 e. The van der Waals surface area contributed by atoms with Gasteiger partial charge in [-0.3, -0.25) is 14.5 Å². The van der Waals surface area contributed by atoms with Crippen LogP contribution in [-0.4, -0.2) is 80.3 Å². The molecule has 2 atom stereocenters. The normalized spacial score (nSPS) is 18.0. The molecule has 1 aliphatic heterocycles. The Morgan fingerprint density at radius 2 is 1.58 bits per heavy atom. The van der Waals surface area contributed by atoms with Gasteiger partial charge >= 0.3 is 18.0 Å². The van der Waals surface area contributed by atoms with E-state index in [0.29, 0.717) is 6.42 Å². The Morgan fingerprint density at radius 3 is 2.13 bits per heavy atom. The molecule has 0 spiro atoms. The Labute approximate surface area is 183 Å². The molecule has 1 rings (SSSR count). The van der Waals surface area contributed by atoms with E-state index in [4.69, 9.17) is 36.5 Å². The van der Waals surface area contributed by atoms with Crippen molar-refractivity contribution in [1.82, 2.24) is 4.90 Å². The molecule has 1 amide bonds. The maximum Gasteiger partial charge on any atom is 0.410 e. The molecule has 0 aliphatic carbocycles. The van der Waals surface area contributed by atoms with Crippen molar-refractivity contribution in [3.63, 3.8) is 0 Å². The van der Waals surface area contributed by atoms with Crippen LogP contribution in [0.4, 0.5) is 4.79 Å². The van der Waals surface area contributed by atoms with Crippen LogP contribution in [0.5, 0.6) is 0 Å². The summed E-state index contributed by atoms with van der Waals surface area (Å²) in [6.45, 7) is 5.86. The molecule has 1 heterocycles. The molecule has 0 bridgehead atoms. The van der Waals surface area contributed by atoms with Crippen molar-refractivity contribution < 1.29 is 38.1 Å². The number of hydrogen-bond acceptors (Lipinski definition) is 8. The number of amides is 1. The Hall–Kier alpha value is -2.75. The van der Waals surface area contributed by atoms with Crippen molar-refractivity contribution in [2.45, 2.75) is 57.8 Å². The fourth-order valence-electron chi connectivity index (χ4n) is 2.74. The van der Waals surface area contributed by atoms with Gasteiger partial charge in [0.2, 0.25) is 0 Å². The number of hydrogen-bond donors (Lipinski definition) is 0. The molecule has 0 saturated carbocycles. The van der Waals surface area contributed by atoms with Gasteiger partial charge in [0.25, 0.3) is 0 Å². The molecule has 1 aliphatic rings. The van der Waals surface area contributed by atoms with E-state index < -0.39 is 35.8 Å². The molecular formula is C22H31NO8. The van der Waals surface area contributed by atoms with Gasteiger partial charge in [-0.05, 0) is 20.8 Å². The van der Waals surface area contributed by atoms with Crippen LogP contribution in [-0.2, 0) is 33.3 Å². The topological polar surface area (TPSA) is 101 Å². The van der Waals surface area contributed by atoms with Crippen molar-refractivity contribution in [3.05, 3.63) is 0 Å². The van der Waals surface area contributed by atoms with Crippen LogP contribution in [0.2, 0.25) is 0 Å². The first-order chi connectivity index (χ1) is 14.7. The summed E-state index contributed by atoms with van der Waals surface area (Å²) in [7, 11) is 0. The lowest BCUT2D eigenvalue weighted by Crippen LogP contribution is -2.42. The smallest absolute Gasteiger partial charge is 0.410 e. The number of nitrogens with zero attached hydrogens (tertiary/aromatic N) is 1. The Bertz CT molecular complexity index is 685. The van der Waals surface area contributed by atoms with Crippen molar-refractivity contribution in [2.75, 3.05) is 39.6 Å². The van der Waals surface area contributed by atoms with Crippen molar-refractivity contribution >= 4 is 18.0 Å². The summed E-state index contributed by atoms with van der Waals surface area (Å²) < 4.78 is 26.2. The van der Waals surface area contributed by atoms with Crippen molar-refractivity contribution in [3.8, 4) is 24.7 Å². The van der Waals surface area contributed by atoms with E-state index in [0.717, 1.165) is 0 Å². The number of carbonyl (C=O) groups is 3. The minimum atomic E-state index is -0.699. The quantitative estimate of drug-likeness (QED) is 0.208. The zero-order chi connectivity index (χ0) is 23.3. The van der Waals surface area contributed by atoms with Crippen LogP contribution >= 0.6 is 0 Å². The molecule has 0 unspecified atom stereocenters. The van der Waals surface area contributed by atoms with E-state index in [1.54, 1.807) is 20.8 Å². The number of carbonyl (C=O) groups excluding carboxylic acids is 3. The van der Waals surface area contributed by atoms with Crippen LogP contribution < -0.4 is 0 Å². The molecule has 1 fully saturated rings. The summed E-state index contributed by atoms with van der Waals surface area (Å²) in [4.78, 5) is 37.9. The predicted molar refractivity (Wildman–Crippen MR) is 111 cm³/mol. The van der Waals surface area contributed by atoms with Crippen LogP contribution in [0.15, 0.2) is 0 Å². The maximum atomic E-state index is 12.6. The number of esters is 2. The Kier molecular flexibility index (Phi) is 11.5. The number of rotatable bonds is 11. The maximum absolute atomic E-state index is 12.6. The Balaban J connectivity index is 2.61. The highest BCUT2D eigenvalue weighted by atomic mass is 16.6. The largest absolute Gasteiger partial charge is 0.463 e. The first kappa shape index (κ1) is 26.3. The summed E-state index contributed by atoms with van der Waals surface area (Å²) in [5, 5.41) is 0. The highest BCUT2D eigenvalue weighted by molar-refractivity contribution is 5.71. The van der Waals surface area contributed by atoms with Crippen LogP contribution in [0.25, 0.3) is 0 Å². The van der Waals surface area contributed by atoms with Gasteiger partial charge < -0.3 is 23.7 Å². The average molecular weight is 437 g/mol. The fraction of sp³-hybridized carbons (Fsp3) is 0.682.